The van der Waals surface area contributed by atoms with E-state index in [1.54, 1.807) is 20.8 Å². The first-order valence-corrected chi connectivity index (χ1v) is 5.66. The smallest absolute Gasteiger partial charge is 0.406 e. The van der Waals surface area contributed by atoms with E-state index in [4.69, 9.17) is 5.11 Å². The lowest BCUT2D eigenvalue weighted by Crippen LogP contribution is -2.53. The van der Waals surface area contributed by atoms with Crippen LogP contribution in [0.2, 0.25) is 0 Å². The Balaban J connectivity index is 4.86. The lowest BCUT2D eigenvalue weighted by molar-refractivity contribution is -0.141. The van der Waals surface area contributed by atoms with Gasteiger partial charge in [-0.3, -0.25) is 4.79 Å². The van der Waals surface area contributed by atoms with Gasteiger partial charge >= 0.3 is 18.2 Å². The first-order chi connectivity index (χ1) is 8.34. The normalized spacial score (nSPS) is 12.2. The Hall–Kier alpha value is -1.47. The summed E-state index contributed by atoms with van der Waals surface area (Å²) >= 11 is 0. The third-order valence-electron chi connectivity index (χ3n) is 2.33. The van der Waals surface area contributed by atoms with Gasteiger partial charge in [-0.2, -0.15) is 13.2 Å². The number of nitrogens with zero attached hydrogens (tertiary/aromatic N) is 2. The molecule has 0 fully saturated rings. The zero-order valence-corrected chi connectivity index (χ0v) is 11.4. The minimum atomic E-state index is -4.49. The molecule has 0 atom stereocenters. The van der Waals surface area contributed by atoms with Gasteiger partial charge in [0.15, 0.2) is 0 Å². The summed E-state index contributed by atoms with van der Waals surface area (Å²) in [5, 5.41) is 8.60. The first kappa shape index (κ1) is 17.5. The van der Waals surface area contributed by atoms with Crippen LogP contribution in [0.5, 0.6) is 0 Å². The van der Waals surface area contributed by atoms with Crippen molar-refractivity contribution >= 4 is 12.0 Å². The maximum atomic E-state index is 12.2. The molecule has 8 heteroatoms. The Morgan fingerprint density at radius 2 is 1.63 bits per heavy atom. The quantitative estimate of drug-likeness (QED) is 0.860. The van der Waals surface area contributed by atoms with Crippen LogP contribution in [0.25, 0.3) is 0 Å². The lowest BCUT2D eigenvalue weighted by Gasteiger charge is -2.38. The Morgan fingerprint density at radius 1 is 1.16 bits per heavy atom. The molecule has 0 radical (unpaired) electrons. The Labute approximate surface area is 110 Å². The van der Waals surface area contributed by atoms with Crippen molar-refractivity contribution in [3.8, 4) is 0 Å². The molecule has 0 saturated heterocycles. The Bertz CT molecular complexity index is 337. The zero-order chi connectivity index (χ0) is 15.4. The molecule has 0 spiro atoms. The SMILES string of the molecule is CN(CC(F)(F)F)C(=O)N(CCC(=O)O)C(C)(C)C. The fourth-order valence-corrected chi connectivity index (χ4v) is 1.47. The average Bonchev–Trinajstić information content (AvgIpc) is 2.11. The largest absolute Gasteiger partial charge is 0.481 e. The Kier molecular flexibility index (Phi) is 5.64. The van der Waals surface area contributed by atoms with E-state index in [9.17, 15) is 22.8 Å². The molecule has 112 valence electrons. The number of aliphatic carboxylic acids is 1. The van der Waals surface area contributed by atoms with E-state index in [-0.39, 0.29) is 13.0 Å². The summed E-state index contributed by atoms with van der Waals surface area (Å²) in [5.74, 6) is -1.11. The molecule has 0 aliphatic carbocycles. The molecule has 0 heterocycles. The number of carboxylic acids is 1. The zero-order valence-electron chi connectivity index (χ0n) is 11.4. The van der Waals surface area contributed by atoms with Crippen molar-refractivity contribution in [3.63, 3.8) is 0 Å². The number of carboxylic acid groups (broad SMARTS) is 1. The number of carbonyl (C=O) groups is 2. The van der Waals surface area contributed by atoms with Crippen molar-refractivity contribution in [1.82, 2.24) is 9.80 Å². The third-order valence-corrected chi connectivity index (χ3v) is 2.33. The highest BCUT2D eigenvalue weighted by atomic mass is 19.4. The molecule has 0 saturated carbocycles. The van der Waals surface area contributed by atoms with Crippen LogP contribution in [0.15, 0.2) is 0 Å². The fourth-order valence-electron chi connectivity index (χ4n) is 1.47. The van der Waals surface area contributed by atoms with Crippen LogP contribution in [0.4, 0.5) is 18.0 Å². The first-order valence-electron chi connectivity index (χ1n) is 5.66. The van der Waals surface area contributed by atoms with Crippen LogP contribution < -0.4 is 0 Å². The molecule has 0 aliphatic heterocycles. The summed E-state index contributed by atoms with van der Waals surface area (Å²) < 4.78 is 36.7. The molecular weight excluding hydrogens is 265 g/mol. The molecule has 0 aromatic rings. The Morgan fingerprint density at radius 3 is 1.95 bits per heavy atom. The third kappa shape index (κ3) is 6.88. The summed E-state index contributed by atoms with van der Waals surface area (Å²) in [4.78, 5) is 24.1. The minimum absolute atomic E-state index is 0.139. The molecular formula is C11H19F3N2O3. The lowest BCUT2D eigenvalue weighted by atomic mass is 10.1. The van der Waals surface area contributed by atoms with Crippen molar-refractivity contribution in [3.05, 3.63) is 0 Å². The number of rotatable bonds is 4. The van der Waals surface area contributed by atoms with Crippen LogP contribution in [-0.2, 0) is 4.79 Å². The summed E-state index contributed by atoms with van der Waals surface area (Å²) in [6.07, 6.45) is -4.80. The standard InChI is InChI=1S/C11H19F3N2O3/c1-10(2,3)16(6-5-8(17)18)9(19)15(4)7-11(12,13)14/h5-7H2,1-4H3,(H,17,18). The number of hydrogen-bond acceptors (Lipinski definition) is 2. The van der Waals surface area contributed by atoms with Gasteiger partial charge in [0.1, 0.15) is 6.54 Å². The van der Waals surface area contributed by atoms with Gasteiger partial charge in [0.2, 0.25) is 0 Å². The predicted molar refractivity (Wildman–Crippen MR) is 62.8 cm³/mol. The second-order valence-electron chi connectivity index (χ2n) is 5.22. The molecule has 0 rings (SSSR count). The molecule has 0 bridgehead atoms. The van der Waals surface area contributed by atoms with Gasteiger partial charge in [-0.15, -0.1) is 0 Å². The number of halogens is 3. The second-order valence-corrected chi connectivity index (χ2v) is 5.22. The maximum absolute atomic E-state index is 12.2. The highest BCUT2D eigenvalue weighted by Crippen LogP contribution is 2.20. The number of hydrogen-bond donors (Lipinski definition) is 1. The van der Waals surface area contributed by atoms with Crippen molar-refractivity contribution in [2.75, 3.05) is 20.1 Å². The summed E-state index contributed by atoms with van der Waals surface area (Å²) in [7, 11) is 1.04. The minimum Gasteiger partial charge on any atom is -0.481 e. The highest BCUT2D eigenvalue weighted by molar-refractivity contribution is 5.76. The van der Waals surface area contributed by atoms with Crippen molar-refractivity contribution < 1.29 is 27.9 Å². The monoisotopic (exact) mass is 284 g/mol. The van der Waals surface area contributed by atoms with Crippen LogP contribution in [0.1, 0.15) is 27.2 Å². The van der Waals surface area contributed by atoms with E-state index in [0.29, 0.717) is 4.90 Å². The topological polar surface area (TPSA) is 60.9 Å². The molecule has 0 aromatic carbocycles. The van der Waals surface area contributed by atoms with E-state index >= 15 is 0 Å². The van der Waals surface area contributed by atoms with Crippen molar-refractivity contribution in [1.29, 1.82) is 0 Å². The predicted octanol–water partition coefficient (Wildman–Crippen LogP) is 2.18. The van der Waals surface area contributed by atoms with Gasteiger partial charge in [0.05, 0.1) is 6.42 Å². The van der Waals surface area contributed by atoms with Crippen LogP contribution >= 0.6 is 0 Å². The van der Waals surface area contributed by atoms with E-state index in [2.05, 4.69) is 0 Å². The summed E-state index contributed by atoms with van der Waals surface area (Å²) in [6.45, 7) is 3.39. The summed E-state index contributed by atoms with van der Waals surface area (Å²) in [5.41, 5.74) is -0.758. The van der Waals surface area contributed by atoms with Crippen molar-refractivity contribution in [2.45, 2.75) is 38.9 Å². The van der Waals surface area contributed by atoms with Gasteiger partial charge in [-0.25, -0.2) is 4.79 Å². The molecule has 0 unspecified atom stereocenters. The van der Waals surface area contributed by atoms with Crippen LogP contribution in [0, 0.1) is 0 Å². The second kappa shape index (κ2) is 6.12. The number of amides is 2. The van der Waals surface area contributed by atoms with E-state index in [1.807, 2.05) is 0 Å². The molecule has 1 N–H and O–H groups in total. The van der Waals surface area contributed by atoms with E-state index in [1.165, 1.54) is 0 Å². The highest BCUT2D eigenvalue weighted by Gasteiger charge is 2.35. The van der Waals surface area contributed by atoms with E-state index in [0.717, 1.165) is 11.9 Å². The number of alkyl halides is 3. The van der Waals surface area contributed by atoms with Crippen LogP contribution in [-0.4, -0.2) is 58.8 Å². The fraction of sp³-hybridized carbons (Fsp3) is 0.818. The number of urea groups is 1. The van der Waals surface area contributed by atoms with Gasteiger partial charge in [-0.05, 0) is 20.8 Å². The van der Waals surface area contributed by atoms with Gasteiger partial charge in [0.25, 0.3) is 0 Å². The maximum Gasteiger partial charge on any atom is 0.406 e. The average molecular weight is 284 g/mol. The van der Waals surface area contributed by atoms with Crippen LogP contribution in [0.3, 0.4) is 0 Å². The van der Waals surface area contributed by atoms with Gasteiger partial charge < -0.3 is 14.9 Å². The molecule has 19 heavy (non-hydrogen) atoms. The molecule has 2 amide bonds. The molecule has 0 aromatic heterocycles. The van der Waals surface area contributed by atoms with Gasteiger partial charge in [0, 0.05) is 19.1 Å². The summed E-state index contributed by atoms with van der Waals surface area (Å²) in [6, 6.07) is -0.842. The van der Waals surface area contributed by atoms with Crippen molar-refractivity contribution in [2.24, 2.45) is 0 Å². The number of carbonyl (C=O) groups excluding carboxylic acids is 1. The molecule has 5 nitrogen and oxygen atoms in total. The molecule has 0 aliphatic rings. The van der Waals surface area contributed by atoms with Gasteiger partial charge in [-0.1, -0.05) is 0 Å². The van der Waals surface area contributed by atoms with E-state index < -0.39 is 30.3 Å².